The monoisotopic (exact) mass is 1440 g/mol. The van der Waals surface area contributed by atoms with Crippen molar-refractivity contribution >= 4 is 129 Å². The number of aldehydes is 2. The van der Waals surface area contributed by atoms with E-state index in [1.807, 2.05) is 24.3 Å². The minimum atomic E-state index is 0. The molecule has 16 bridgehead atoms. The van der Waals surface area contributed by atoms with Gasteiger partial charge in [-0.05, 0) is 305 Å². The van der Waals surface area contributed by atoms with E-state index in [2.05, 4.69) is 281 Å². The predicted molar refractivity (Wildman–Crippen MR) is 442 cm³/mol. The van der Waals surface area contributed by atoms with Crippen molar-refractivity contribution in [1.29, 1.82) is 0 Å². The Hall–Kier alpha value is -11.8. The highest BCUT2D eigenvalue weighted by Crippen LogP contribution is 2.43. The molecular formula is C91H81BBrN8O4. The number of nitrogens with zero attached hydrogens (tertiary/aromatic N) is 4. The summed E-state index contributed by atoms with van der Waals surface area (Å²) in [4.78, 5) is 57.6. The number of hydrogen-bond donors (Lipinski definition) is 5. The van der Waals surface area contributed by atoms with Crippen LogP contribution in [0.2, 0.25) is 0 Å². The molecular weight excluding hydrogens is 1360 g/mol. The van der Waals surface area contributed by atoms with Crippen molar-refractivity contribution in [2.75, 3.05) is 0 Å². The van der Waals surface area contributed by atoms with Gasteiger partial charge in [0, 0.05) is 83.1 Å². The summed E-state index contributed by atoms with van der Waals surface area (Å²) in [6, 6.07) is 53.5. The van der Waals surface area contributed by atoms with Gasteiger partial charge in [-0.3, -0.25) is 9.59 Å². The zero-order chi connectivity index (χ0) is 72.8. The summed E-state index contributed by atoms with van der Waals surface area (Å²) < 4.78 is 5.49. The Morgan fingerprint density at radius 3 is 1.00 bits per heavy atom. The van der Waals surface area contributed by atoms with Gasteiger partial charge in [-0.25, -0.2) is 19.9 Å². The van der Waals surface area contributed by atoms with E-state index in [1.54, 1.807) is 24.3 Å². The van der Waals surface area contributed by atoms with Crippen LogP contribution in [0.25, 0.3) is 148 Å². The van der Waals surface area contributed by atoms with Crippen LogP contribution in [0, 0.1) is 83.1 Å². The zero-order valence-electron chi connectivity index (χ0n) is 60.2. The van der Waals surface area contributed by atoms with Crippen LogP contribution in [0.15, 0.2) is 162 Å². The van der Waals surface area contributed by atoms with Gasteiger partial charge in [0.25, 0.3) is 0 Å². The number of nitrogens with one attached hydrogen (secondary N) is 4. The van der Waals surface area contributed by atoms with Gasteiger partial charge < -0.3 is 29.6 Å². The zero-order valence-corrected chi connectivity index (χ0v) is 61.8. The van der Waals surface area contributed by atoms with Crippen LogP contribution in [0.4, 0.5) is 0 Å². The largest absolute Gasteiger partial charge is 0.569 e. The van der Waals surface area contributed by atoms with Gasteiger partial charge in [0.15, 0.2) is 0 Å². The van der Waals surface area contributed by atoms with E-state index in [0.29, 0.717) is 24.6 Å². The maximum absolute atomic E-state index is 11.6. The first-order valence-corrected chi connectivity index (χ1v) is 35.5. The number of carbonyl (C=O) groups is 2. The van der Waals surface area contributed by atoms with Crippen LogP contribution in [0.3, 0.4) is 0 Å². The number of aromatic amines is 4. The normalized spacial score (nSPS) is 11.8. The molecule has 4 aliphatic heterocycles. The van der Waals surface area contributed by atoms with Crippen molar-refractivity contribution in [2.24, 2.45) is 0 Å². The molecule has 12 aromatic rings. The van der Waals surface area contributed by atoms with Gasteiger partial charge in [-0.1, -0.05) is 102 Å². The number of carbonyl (C=O) groups excluding carboxylic acids is 2. The summed E-state index contributed by atoms with van der Waals surface area (Å²) in [7, 11) is 0.593. The Morgan fingerprint density at radius 1 is 0.333 bits per heavy atom. The lowest BCUT2D eigenvalue weighted by Crippen LogP contribution is -1.99. The molecule has 0 aliphatic carbocycles. The Labute approximate surface area is 621 Å². The number of H-pyrrole nitrogens is 4. The fraction of sp³-hybridized carbons (Fsp3) is 0.143. The number of aryl methyl sites for hydroxylation is 12. The third-order valence-corrected chi connectivity index (χ3v) is 20.1. The molecule has 6 aromatic heterocycles. The Balaban J connectivity index is 0.000000162. The van der Waals surface area contributed by atoms with Crippen molar-refractivity contribution in [1.82, 2.24) is 39.9 Å². The molecule has 0 atom stereocenters. The van der Waals surface area contributed by atoms with Gasteiger partial charge in [-0.15, -0.1) is 0 Å². The minimum absolute atomic E-state index is 0. The fourth-order valence-corrected chi connectivity index (χ4v) is 15.8. The molecule has 519 valence electrons. The maximum atomic E-state index is 11.6. The molecule has 5 N–H and O–H groups in total. The first-order valence-electron chi connectivity index (χ1n) is 34.7. The highest BCUT2D eigenvalue weighted by molar-refractivity contribution is 9.10. The number of fused-ring (bicyclic) bond motifs is 16. The second-order valence-corrected chi connectivity index (χ2v) is 28.2. The van der Waals surface area contributed by atoms with Crippen LogP contribution in [-0.2, 0) is 0 Å². The summed E-state index contributed by atoms with van der Waals surface area (Å²) in [5.74, 6) is 0.498. The molecule has 105 heavy (non-hydrogen) atoms. The molecule has 0 saturated heterocycles. The van der Waals surface area contributed by atoms with Crippen molar-refractivity contribution < 1.29 is 19.3 Å². The van der Waals surface area contributed by atoms with E-state index in [4.69, 9.17) is 25.0 Å². The third-order valence-electron chi connectivity index (χ3n) is 19.3. The fourth-order valence-electron chi connectivity index (χ4n) is 15.3. The van der Waals surface area contributed by atoms with Crippen molar-refractivity contribution in [2.45, 2.75) is 90.5 Å². The van der Waals surface area contributed by atoms with Crippen molar-refractivity contribution in [3.8, 4) is 61.4 Å². The quantitative estimate of drug-likeness (QED) is 0.0700. The molecule has 0 saturated carbocycles. The molecule has 10 heterocycles. The van der Waals surface area contributed by atoms with E-state index >= 15 is 0 Å². The Bertz CT molecular complexity index is 5720. The second-order valence-electron chi connectivity index (χ2n) is 27.4. The smallest absolute Gasteiger partial charge is 0.537 e. The molecule has 12 nitrogen and oxygen atoms in total. The number of benzene rings is 6. The lowest BCUT2D eigenvalue weighted by atomic mass is 9.92. The molecule has 16 rings (SSSR count). The lowest BCUT2D eigenvalue weighted by Gasteiger charge is -2.13. The number of aromatic nitrogens is 8. The number of halogens is 1. The molecule has 6 aromatic carbocycles. The first-order chi connectivity index (χ1) is 50.2. The predicted octanol–water partition coefficient (Wildman–Crippen LogP) is 23.0. The van der Waals surface area contributed by atoms with Gasteiger partial charge in [-0.2, -0.15) is 0 Å². The Morgan fingerprint density at radius 2 is 0.629 bits per heavy atom. The second kappa shape index (κ2) is 29.9. The van der Waals surface area contributed by atoms with Crippen LogP contribution < -0.4 is 4.65 Å². The SMILES string of the molecule is C.Cc1cc(C)c(-c2c3nc(c(-c4ccc(C=O)cc4)c4ccc([nH]4)c(-c4c(C)cc(C)cc4C)c4nc(cc5ccc2[nH]5)C=C4)C=C3)c(C)c1.Cc1cc(C)c(-c2c3nc(c(Br)c4nc(c(-c5c(C)cc(C)cc5C)c5ccc(cc6ccc2[nH]6)[nH]5)C=C4)C=C3)c(C)c1.O=Cc1ccc(O[B]O)cc1. The minimum Gasteiger partial charge on any atom is -0.537 e. The summed E-state index contributed by atoms with van der Waals surface area (Å²) in [6.07, 6.45) is 18.4. The van der Waals surface area contributed by atoms with E-state index in [9.17, 15) is 9.59 Å². The van der Waals surface area contributed by atoms with Gasteiger partial charge in [0.05, 0.1) is 50.0 Å². The molecule has 0 unspecified atom stereocenters. The lowest BCUT2D eigenvalue weighted by molar-refractivity contribution is 0.111. The molecule has 0 fully saturated rings. The van der Waals surface area contributed by atoms with E-state index in [-0.39, 0.29) is 7.43 Å². The van der Waals surface area contributed by atoms with Gasteiger partial charge in [0.1, 0.15) is 18.3 Å². The van der Waals surface area contributed by atoms with E-state index in [1.165, 1.54) is 89.0 Å². The van der Waals surface area contributed by atoms with Gasteiger partial charge >= 0.3 is 7.69 Å². The summed E-state index contributed by atoms with van der Waals surface area (Å²) >= 11 is 3.88. The van der Waals surface area contributed by atoms with E-state index < -0.39 is 0 Å². The molecule has 14 heteroatoms. The van der Waals surface area contributed by atoms with Crippen LogP contribution in [0.1, 0.15) is 140 Å². The van der Waals surface area contributed by atoms with Crippen molar-refractivity contribution in [3.63, 3.8) is 0 Å². The van der Waals surface area contributed by atoms with E-state index in [0.717, 1.165) is 140 Å². The summed E-state index contributed by atoms with van der Waals surface area (Å²) in [5, 5.41) is 8.23. The van der Waals surface area contributed by atoms with Crippen LogP contribution in [0.5, 0.6) is 5.75 Å². The number of rotatable bonds is 9. The average molecular weight is 1440 g/mol. The topological polar surface area (TPSA) is 178 Å². The first kappa shape index (κ1) is 71.6. The van der Waals surface area contributed by atoms with Crippen LogP contribution in [-0.4, -0.2) is 65.2 Å². The van der Waals surface area contributed by atoms with Crippen LogP contribution >= 0.6 is 15.9 Å². The summed E-state index contributed by atoms with van der Waals surface area (Å²) in [6.45, 7) is 26.0. The van der Waals surface area contributed by atoms with Crippen molar-refractivity contribution in [3.05, 3.63) is 286 Å². The third kappa shape index (κ3) is 14.5. The maximum Gasteiger partial charge on any atom is 0.569 e. The highest BCUT2D eigenvalue weighted by atomic mass is 79.9. The molecule has 0 spiro atoms. The molecule has 4 aliphatic rings. The Kier molecular flexibility index (Phi) is 20.3. The molecule has 1 radical (unpaired) electrons. The van der Waals surface area contributed by atoms with Gasteiger partial charge in [0.2, 0.25) is 0 Å². The average Bonchev–Trinajstić information content (AvgIpc) is 1.50. The standard InChI is InChI=1S/C45H38N4O.C38H33BrN4.C7H6BO3.CH4/c1-25-19-27(3)41(28(4)20-25)44-37-13-11-33(46-37)23-34-12-14-38(47-34)45(42-29(5)21-26(2)22-30(42)6)40-18-16-36(49-40)43(35-15-17-39(44)48-35)32-9-7-31(24-50)8-10-32;1-20-15-22(3)34(23(4)16-20)36-28-9-7-26(40-28)19-27-8-10-29(41-27)37(35-24(5)17-21(2)18-25(35)6)31-12-14-33(43-31)38(39)32-13-11-30(36)42-32;9-5-6-1-3-7(4-2-6)11-8-10;/h7-24,46,49H,1-6H3;7-19,40-41H,1-6H3;1-5,10H;1H4. The molecule has 0 amide bonds. The highest BCUT2D eigenvalue weighted by Gasteiger charge is 2.23. The number of hydrogen-bond acceptors (Lipinski definition) is 8. The summed E-state index contributed by atoms with van der Waals surface area (Å²) in [5.41, 5.74) is 42.0.